The normalized spacial score (nSPS) is 12.2. The molecule has 0 amide bonds. The zero-order valence-corrected chi connectivity index (χ0v) is 14.0. The average Bonchev–Trinajstić information content (AvgIpc) is 2.56. The first kappa shape index (κ1) is 17.1. The molecule has 0 radical (unpaired) electrons. The number of methoxy groups -OCH3 is 1. The monoisotopic (exact) mass is 312 g/mol. The van der Waals surface area contributed by atoms with Gasteiger partial charge in [0.05, 0.1) is 13.5 Å². The average molecular weight is 312 g/mol. The molecule has 122 valence electrons. The van der Waals surface area contributed by atoms with Gasteiger partial charge in [0.25, 0.3) is 0 Å². The second kappa shape index (κ2) is 7.82. The molecule has 2 aromatic rings. The Bertz CT molecular complexity index is 627. The maximum Gasteiger partial charge on any atom is 0.306 e. The van der Waals surface area contributed by atoms with Crippen molar-refractivity contribution in [1.29, 1.82) is 0 Å². The number of carbonyl (C=O) groups is 1. The van der Waals surface area contributed by atoms with Gasteiger partial charge < -0.3 is 9.84 Å². The molecule has 0 aliphatic rings. The van der Waals surface area contributed by atoms with Crippen molar-refractivity contribution in [2.75, 3.05) is 7.11 Å². The summed E-state index contributed by atoms with van der Waals surface area (Å²) in [4.78, 5) is 11.8. The first-order valence-electron chi connectivity index (χ1n) is 7.94. The fourth-order valence-corrected chi connectivity index (χ4v) is 2.66. The number of ether oxygens (including phenoxy) is 1. The third-order valence-electron chi connectivity index (χ3n) is 4.13. The summed E-state index contributed by atoms with van der Waals surface area (Å²) in [7, 11) is 1.42. The van der Waals surface area contributed by atoms with Crippen LogP contribution >= 0.6 is 0 Å². The van der Waals surface area contributed by atoms with Crippen LogP contribution in [0.2, 0.25) is 0 Å². The molecule has 3 heteroatoms. The van der Waals surface area contributed by atoms with Crippen LogP contribution in [-0.4, -0.2) is 18.2 Å². The summed E-state index contributed by atoms with van der Waals surface area (Å²) in [5.74, 6) is 0.592. The molecular formula is C20H24O3. The van der Waals surface area contributed by atoms with Gasteiger partial charge in [-0.05, 0) is 47.1 Å². The van der Waals surface area contributed by atoms with Crippen LogP contribution < -0.4 is 0 Å². The van der Waals surface area contributed by atoms with Crippen LogP contribution in [0.5, 0.6) is 5.75 Å². The lowest BCUT2D eigenvalue weighted by atomic mass is 9.88. The van der Waals surface area contributed by atoms with Crippen molar-refractivity contribution < 1.29 is 14.6 Å². The van der Waals surface area contributed by atoms with Crippen LogP contribution in [0.4, 0.5) is 0 Å². The van der Waals surface area contributed by atoms with Gasteiger partial charge in [0.1, 0.15) is 5.75 Å². The summed E-state index contributed by atoms with van der Waals surface area (Å²) in [5.41, 5.74) is 3.51. The lowest BCUT2D eigenvalue weighted by Gasteiger charge is -2.17. The van der Waals surface area contributed by atoms with E-state index in [1.165, 1.54) is 12.7 Å². The van der Waals surface area contributed by atoms with Gasteiger partial charge in [0.2, 0.25) is 0 Å². The van der Waals surface area contributed by atoms with Crippen LogP contribution in [0.1, 0.15) is 48.8 Å². The number of hydrogen-bond acceptors (Lipinski definition) is 3. The standard InChI is InChI=1S/C20H24O3/c1-14(2)16-6-8-17(9-7-16)18(13-20(22)23-3)12-15-4-10-19(21)11-5-15/h4-11,14,18,21H,12-13H2,1-3H3. The minimum Gasteiger partial charge on any atom is -0.508 e. The smallest absolute Gasteiger partial charge is 0.306 e. The fraction of sp³-hybridized carbons (Fsp3) is 0.350. The molecule has 2 aromatic carbocycles. The van der Waals surface area contributed by atoms with E-state index in [9.17, 15) is 9.90 Å². The number of benzene rings is 2. The van der Waals surface area contributed by atoms with E-state index < -0.39 is 0 Å². The predicted octanol–water partition coefficient (Wildman–Crippen LogP) is 4.41. The van der Waals surface area contributed by atoms with Gasteiger partial charge in [-0.3, -0.25) is 4.79 Å². The van der Waals surface area contributed by atoms with Crippen molar-refractivity contribution in [3.05, 3.63) is 65.2 Å². The number of phenols is 1. The summed E-state index contributed by atoms with van der Waals surface area (Å²) in [5, 5.41) is 9.40. The molecule has 0 aromatic heterocycles. The molecule has 0 bridgehead atoms. The lowest BCUT2D eigenvalue weighted by molar-refractivity contribution is -0.141. The van der Waals surface area contributed by atoms with E-state index >= 15 is 0 Å². The molecule has 1 N–H and O–H groups in total. The highest BCUT2D eigenvalue weighted by molar-refractivity contribution is 5.70. The van der Waals surface area contributed by atoms with Crippen LogP contribution in [0.3, 0.4) is 0 Å². The summed E-state index contributed by atoms with van der Waals surface area (Å²) in [6, 6.07) is 15.6. The van der Waals surface area contributed by atoms with E-state index in [1.54, 1.807) is 12.1 Å². The van der Waals surface area contributed by atoms with E-state index in [0.717, 1.165) is 17.5 Å². The Hall–Kier alpha value is -2.29. The summed E-state index contributed by atoms with van der Waals surface area (Å²) >= 11 is 0. The third kappa shape index (κ3) is 4.85. The van der Waals surface area contributed by atoms with Gasteiger partial charge in [-0.2, -0.15) is 0 Å². The van der Waals surface area contributed by atoms with Gasteiger partial charge in [-0.1, -0.05) is 50.2 Å². The minimum atomic E-state index is -0.207. The van der Waals surface area contributed by atoms with E-state index in [1.807, 2.05) is 12.1 Å². The second-order valence-electron chi connectivity index (χ2n) is 6.17. The van der Waals surface area contributed by atoms with Gasteiger partial charge in [0, 0.05) is 0 Å². The van der Waals surface area contributed by atoms with Crippen LogP contribution in [0.25, 0.3) is 0 Å². The van der Waals surface area contributed by atoms with Crippen molar-refractivity contribution in [2.24, 2.45) is 0 Å². The second-order valence-corrected chi connectivity index (χ2v) is 6.17. The Labute approximate surface area is 137 Å². The topological polar surface area (TPSA) is 46.5 Å². The van der Waals surface area contributed by atoms with Crippen molar-refractivity contribution >= 4 is 5.97 Å². The van der Waals surface area contributed by atoms with E-state index in [0.29, 0.717) is 12.3 Å². The first-order valence-corrected chi connectivity index (χ1v) is 7.94. The highest BCUT2D eigenvalue weighted by Crippen LogP contribution is 2.27. The Morgan fingerprint density at radius 2 is 1.57 bits per heavy atom. The SMILES string of the molecule is COC(=O)CC(Cc1ccc(O)cc1)c1ccc(C(C)C)cc1. The van der Waals surface area contributed by atoms with E-state index in [-0.39, 0.29) is 17.6 Å². The maximum atomic E-state index is 11.8. The molecule has 0 aliphatic heterocycles. The van der Waals surface area contributed by atoms with E-state index in [4.69, 9.17) is 4.74 Å². The Balaban J connectivity index is 2.22. The lowest BCUT2D eigenvalue weighted by Crippen LogP contribution is -2.11. The Kier molecular flexibility index (Phi) is 5.80. The first-order chi connectivity index (χ1) is 11.0. The van der Waals surface area contributed by atoms with Gasteiger partial charge in [-0.25, -0.2) is 0 Å². The fourth-order valence-electron chi connectivity index (χ4n) is 2.66. The third-order valence-corrected chi connectivity index (χ3v) is 4.13. The maximum absolute atomic E-state index is 11.8. The molecule has 23 heavy (non-hydrogen) atoms. The number of phenolic OH excluding ortho intramolecular Hbond substituents is 1. The largest absolute Gasteiger partial charge is 0.508 e. The molecule has 0 spiro atoms. The number of aromatic hydroxyl groups is 1. The molecule has 0 fully saturated rings. The van der Waals surface area contributed by atoms with Crippen molar-refractivity contribution in [3.63, 3.8) is 0 Å². The van der Waals surface area contributed by atoms with E-state index in [2.05, 4.69) is 38.1 Å². The summed E-state index contributed by atoms with van der Waals surface area (Å²) in [6.07, 6.45) is 1.08. The Morgan fingerprint density at radius 3 is 2.09 bits per heavy atom. The molecule has 0 heterocycles. The number of carbonyl (C=O) groups excluding carboxylic acids is 1. The molecule has 0 saturated heterocycles. The zero-order chi connectivity index (χ0) is 16.8. The summed E-state index contributed by atoms with van der Waals surface area (Å²) < 4.78 is 4.84. The zero-order valence-electron chi connectivity index (χ0n) is 14.0. The summed E-state index contributed by atoms with van der Waals surface area (Å²) in [6.45, 7) is 4.33. The molecule has 2 rings (SSSR count). The molecular weight excluding hydrogens is 288 g/mol. The predicted molar refractivity (Wildman–Crippen MR) is 91.7 cm³/mol. The quantitative estimate of drug-likeness (QED) is 0.804. The van der Waals surface area contributed by atoms with Gasteiger partial charge in [0.15, 0.2) is 0 Å². The number of esters is 1. The van der Waals surface area contributed by atoms with Crippen LogP contribution in [0.15, 0.2) is 48.5 Å². The minimum absolute atomic E-state index is 0.0632. The van der Waals surface area contributed by atoms with Crippen LogP contribution in [-0.2, 0) is 16.0 Å². The number of rotatable bonds is 6. The molecule has 3 nitrogen and oxygen atoms in total. The van der Waals surface area contributed by atoms with Crippen molar-refractivity contribution in [3.8, 4) is 5.75 Å². The highest BCUT2D eigenvalue weighted by atomic mass is 16.5. The highest BCUT2D eigenvalue weighted by Gasteiger charge is 2.17. The van der Waals surface area contributed by atoms with Crippen molar-refractivity contribution in [1.82, 2.24) is 0 Å². The molecule has 1 unspecified atom stereocenters. The Morgan fingerprint density at radius 1 is 1.00 bits per heavy atom. The number of hydrogen-bond donors (Lipinski definition) is 1. The van der Waals surface area contributed by atoms with Crippen LogP contribution in [0, 0.1) is 0 Å². The molecule has 0 saturated carbocycles. The van der Waals surface area contributed by atoms with Gasteiger partial charge >= 0.3 is 5.97 Å². The van der Waals surface area contributed by atoms with Crippen molar-refractivity contribution in [2.45, 2.75) is 38.5 Å². The molecule has 0 aliphatic carbocycles. The van der Waals surface area contributed by atoms with Gasteiger partial charge in [-0.15, -0.1) is 0 Å². The molecule has 1 atom stereocenters.